The van der Waals surface area contributed by atoms with Gasteiger partial charge in [-0.05, 0) is 43.4 Å². The summed E-state index contributed by atoms with van der Waals surface area (Å²) >= 11 is 0. The Labute approximate surface area is 163 Å². The Kier molecular flexibility index (Phi) is 5.45. The van der Waals surface area contributed by atoms with Crippen LogP contribution in [-0.2, 0) is 17.8 Å². The Morgan fingerprint density at radius 2 is 2.29 bits per heavy atom. The van der Waals surface area contributed by atoms with Crippen LogP contribution in [0.4, 0.5) is 0 Å². The molecule has 0 radical (unpaired) electrons. The molecule has 1 atom stereocenters. The smallest absolute Gasteiger partial charge is 0.259 e. The van der Waals surface area contributed by atoms with Crippen molar-refractivity contribution in [3.63, 3.8) is 0 Å². The average Bonchev–Trinajstić information content (AvgIpc) is 3.46. The minimum atomic E-state index is 0.203. The molecule has 0 aromatic carbocycles. The van der Waals surface area contributed by atoms with E-state index >= 15 is 0 Å². The predicted octanol–water partition coefficient (Wildman–Crippen LogP) is 2.51. The van der Waals surface area contributed by atoms with Crippen molar-refractivity contribution in [1.82, 2.24) is 29.8 Å². The third kappa shape index (κ3) is 4.44. The fraction of sp³-hybridized carbons (Fsp3) is 0.450. The molecule has 0 N–H and O–H groups in total. The van der Waals surface area contributed by atoms with Gasteiger partial charge in [0.15, 0.2) is 5.82 Å². The molecule has 0 spiro atoms. The zero-order valence-corrected chi connectivity index (χ0v) is 16.0. The first-order valence-corrected chi connectivity index (χ1v) is 9.67. The SMILES string of the molecule is Cc1cnn(CCC(=O)N2CCC(CCc3noc(-c4cccnc4)n3)C2)c1. The van der Waals surface area contributed by atoms with Crippen molar-refractivity contribution in [3.05, 3.63) is 48.3 Å². The third-order valence-electron chi connectivity index (χ3n) is 5.11. The molecule has 1 saturated heterocycles. The molecule has 1 fully saturated rings. The summed E-state index contributed by atoms with van der Waals surface area (Å²) in [5, 5.41) is 8.30. The van der Waals surface area contributed by atoms with Gasteiger partial charge in [0.1, 0.15) is 0 Å². The molecule has 0 bridgehead atoms. The summed E-state index contributed by atoms with van der Waals surface area (Å²) in [6.45, 7) is 4.27. The Morgan fingerprint density at radius 3 is 3.07 bits per heavy atom. The van der Waals surface area contributed by atoms with Crippen LogP contribution in [0.3, 0.4) is 0 Å². The van der Waals surface area contributed by atoms with E-state index in [0.29, 0.717) is 30.6 Å². The van der Waals surface area contributed by atoms with E-state index in [0.717, 1.165) is 43.5 Å². The van der Waals surface area contributed by atoms with E-state index in [1.165, 1.54) is 0 Å². The number of aryl methyl sites for hydroxylation is 3. The highest BCUT2D eigenvalue weighted by Crippen LogP contribution is 2.23. The maximum absolute atomic E-state index is 12.4. The largest absolute Gasteiger partial charge is 0.342 e. The monoisotopic (exact) mass is 380 g/mol. The van der Waals surface area contributed by atoms with E-state index in [9.17, 15) is 4.79 Å². The van der Waals surface area contributed by atoms with Crippen LogP contribution in [0.25, 0.3) is 11.5 Å². The van der Waals surface area contributed by atoms with E-state index < -0.39 is 0 Å². The van der Waals surface area contributed by atoms with Crippen molar-refractivity contribution < 1.29 is 9.32 Å². The second-order valence-electron chi connectivity index (χ2n) is 7.32. The predicted molar refractivity (Wildman–Crippen MR) is 102 cm³/mol. The standard InChI is InChI=1S/C20H24N6O2/c1-15-11-22-26(13-15)10-7-19(27)25-9-6-16(14-25)4-5-18-23-20(28-24-18)17-3-2-8-21-12-17/h2-3,8,11-13,16H,4-7,9-10,14H2,1H3. The van der Waals surface area contributed by atoms with Crippen LogP contribution in [0.2, 0.25) is 0 Å². The first kappa shape index (κ1) is 18.3. The molecule has 1 amide bonds. The summed E-state index contributed by atoms with van der Waals surface area (Å²) in [7, 11) is 0. The number of hydrogen-bond donors (Lipinski definition) is 0. The molecule has 146 valence electrons. The molecule has 0 aliphatic carbocycles. The minimum absolute atomic E-state index is 0.203. The molecular formula is C20H24N6O2. The fourth-order valence-electron chi connectivity index (χ4n) is 3.55. The summed E-state index contributed by atoms with van der Waals surface area (Å²) in [4.78, 5) is 22.9. The molecule has 3 aromatic heterocycles. The highest BCUT2D eigenvalue weighted by Gasteiger charge is 2.26. The van der Waals surface area contributed by atoms with E-state index in [-0.39, 0.29) is 5.91 Å². The molecule has 8 heteroatoms. The lowest BCUT2D eigenvalue weighted by atomic mass is 10.0. The van der Waals surface area contributed by atoms with Crippen LogP contribution in [0.1, 0.15) is 30.7 Å². The molecule has 8 nitrogen and oxygen atoms in total. The van der Waals surface area contributed by atoms with Gasteiger partial charge in [-0.25, -0.2) is 0 Å². The van der Waals surface area contributed by atoms with E-state index in [2.05, 4.69) is 20.2 Å². The first-order valence-electron chi connectivity index (χ1n) is 9.67. The van der Waals surface area contributed by atoms with Gasteiger partial charge in [0.05, 0.1) is 11.8 Å². The van der Waals surface area contributed by atoms with Gasteiger partial charge < -0.3 is 9.42 Å². The second-order valence-corrected chi connectivity index (χ2v) is 7.32. The zero-order chi connectivity index (χ0) is 19.3. The number of pyridine rings is 1. The fourth-order valence-corrected chi connectivity index (χ4v) is 3.55. The lowest BCUT2D eigenvalue weighted by Gasteiger charge is -2.16. The molecule has 3 aromatic rings. The number of aromatic nitrogens is 5. The van der Waals surface area contributed by atoms with E-state index in [1.54, 1.807) is 12.4 Å². The molecule has 4 heterocycles. The first-order chi connectivity index (χ1) is 13.7. The maximum Gasteiger partial charge on any atom is 0.259 e. The van der Waals surface area contributed by atoms with Crippen molar-refractivity contribution >= 4 is 5.91 Å². The topological polar surface area (TPSA) is 89.9 Å². The molecule has 1 unspecified atom stereocenters. The van der Waals surface area contributed by atoms with E-state index in [4.69, 9.17) is 4.52 Å². The normalized spacial score (nSPS) is 16.6. The van der Waals surface area contributed by atoms with Crippen molar-refractivity contribution in [2.45, 2.75) is 39.2 Å². The maximum atomic E-state index is 12.4. The van der Waals surface area contributed by atoms with Gasteiger partial charge in [-0.15, -0.1) is 0 Å². The number of carbonyl (C=O) groups excluding carboxylic acids is 1. The molecule has 28 heavy (non-hydrogen) atoms. The van der Waals surface area contributed by atoms with Crippen LogP contribution in [0.5, 0.6) is 0 Å². The van der Waals surface area contributed by atoms with Gasteiger partial charge in [0, 0.05) is 51.1 Å². The van der Waals surface area contributed by atoms with Gasteiger partial charge >= 0.3 is 0 Å². The summed E-state index contributed by atoms with van der Waals surface area (Å²) in [5.41, 5.74) is 1.94. The quantitative estimate of drug-likeness (QED) is 0.626. The number of rotatable bonds is 7. The van der Waals surface area contributed by atoms with Crippen LogP contribution in [0.15, 0.2) is 41.4 Å². The van der Waals surface area contributed by atoms with Gasteiger partial charge in [-0.3, -0.25) is 14.5 Å². The number of nitrogens with zero attached hydrogens (tertiary/aromatic N) is 6. The number of hydrogen-bond acceptors (Lipinski definition) is 6. The highest BCUT2D eigenvalue weighted by molar-refractivity contribution is 5.76. The second kappa shape index (κ2) is 8.33. The van der Waals surface area contributed by atoms with Crippen molar-refractivity contribution in [2.24, 2.45) is 5.92 Å². The summed E-state index contributed by atoms with van der Waals surface area (Å²) in [6.07, 6.45) is 10.4. The molecule has 4 rings (SSSR count). The Hall–Kier alpha value is -3.03. The van der Waals surface area contributed by atoms with Crippen LogP contribution >= 0.6 is 0 Å². The summed E-state index contributed by atoms with van der Waals surface area (Å²) in [5.74, 6) is 1.89. The average molecular weight is 380 g/mol. The number of likely N-dealkylation sites (tertiary alicyclic amines) is 1. The van der Waals surface area contributed by atoms with Gasteiger partial charge in [-0.1, -0.05) is 5.16 Å². The Balaban J connectivity index is 1.23. The highest BCUT2D eigenvalue weighted by atomic mass is 16.5. The molecule has 1 aliphatic rings. The zero-order valence-electron chi connectivity index (χ0n) is 16.0. The van der Waals surface area contributed by atoms with Gasteiger partial charge in [0.2, 0.25) is 5.91 Å². The van der Waals surface area contributed by atoms with Crippen LogP contribution < -0.4 is 0 Å². The number of carbonyl (C=O) groups is 1. The Morgan fingerprint density at radius 1 is 1.36 bits per heavy atom. The lowest BCUT2D eigenvalue weighted by molar-refractivity contribution is -0.130. The molecule has 1 aliphatic heterocycles. The summed E-state index contributed by atoms with van der Waals surface area (Å²) in [6, 6.07) is 3.74. The van der Waals surface area contributed by atoms with Crippen molar-refractivity contribution in [2.75, 3.05) is 13.1 Å². The molecule has 0 saturated carbocycles. The van der Waals surface area contributed by atoms with Gasteiger partial charge in [0.25, 0.3) is 5.89 Å². The number of amides is 1. The van der Waals surface area contributed by atoms with Crippen molar-refractivity contribution in [1.29, 1.82) is 0 Å². The molecular weight excluding hydrogens is 356 g/mol. The van der Waals surface area contributed by atoms with Crippen LogP contribution in [-0.4, -0.2) is 48.8 Å². The summed E-state index contributed by atoms with van der Waals surface area (Å²) < 4.78 is 7.16. The van der Waals surface area contributed by atoms with Gasteiger partial charge in [-0.2, -0.15) is 10.1 Å². The minimum Gasteiger partial charge on any atom is -0.342 e. The third-order valence-corrected chi connectivity index (χ3v) is 5.11. The van der Waals surface area contributed by atoms with Crippen molar-refractivity contribution in [3.8, 4) is 11.5 Å². The Bertz CT molecular complexity index is 920. The van der Waals surface area contributed by atoms with Crippen LogP contribution in [0, 0.1) is 12.8 Å². The van der Waals surface area contributed by atoms with E-state index in [1.807, 2.05) is 41.0 Å². The lowest BCUT2D eigenvalue weighted by Crippen LogP contribution is -2.29.